The number of nitrogens with one attached hydrogen (secondary N) is 1. The minimum Gasteiger partial charge on any atom is -0.371 e. The Morgan fingerprint density at radius 3 is 2.39 bits per heavy atom. The van der Waals surface area contributed by atoms with E-state index in [9.17, 15) is 17.6 Å². The van der Waals surface area contributed by atoms with Crippen molar-refractivity contribution < 1.29 is 22.3 Å². The highest BCUT2D eigenvalue weighted by atomic mass is 19.4. The number of benzene rings is 1. The van der Waals surface area contributed by atoms with Gasteiger partial charge in [-0.15, -0.1) is 0 Å². The third-order valence-corrected chi connectivity index (χ3v) is 3.02. The highest BCUT2D eigenvalue weighted by molar-refractivity contribution is 5.31. The van der Waals surface area contributed by atoms with Gasteiger partial charge >= 0.3 is 6.18 Å². The quantitative estimate of drug-likeness (QED) is 0.841. The minimum absolute atomic E-state index is 0.138. The number of ether oxygens (including phenoxy) is 1. The van der Waals surface area contributed by atoms with Crippen LogP contribution < -0.4 is 5.32 Å². The van der Waals surface area contributed by atoms with Gasteiger partial charge in [0.25, 0.3) is 0 Å². The Balaban J connectivity index is 2.05. The maximum absolute atomic E-state index is 13.7. The van der Waals surface area contributed by atoms with Gasteiger partial charge in [0.05, 0.1) is 6.61 Å². The van der Waals surface area contributed by atoms with Crippen molar-refractivity contribution in [1.29, 1.82) is 0 Å². The fourth-order valence-corrected chi connectivity index (χ4v) is 2.05. The first-order chi connectivity index (χ1) is 8.43. The van der Waals surface area contributed by atoms with Crippen LogP contribution in [0.4, 0.5) is 17.6 Å². The van der Waals surface area contributed by atoms with Crippen LogP contribution in [0.1, 0.15) is 5.56 Å². The van der Waals surface area contributed by atoms with Gasteiger partial charge in [0, 0.05) is 18.5 Å². The molecule has 0 unspecified atom stereocenters. The van der Waals surface area contributed by atoms with E-state index in [2.05, 4.69) is 10.1 Å². The molecule has 1 fully saturated rings. The highest BCUT2D eigenvalue weighted by Crippen LogP contribution is 2.31. The lowest BCUT2D eigenvalue weighted by Crippen LogP contribution is -2.60. The van der Waals surface area contributed by atoms with Crippen LogP contribution >= 0.6 is 0 Å². The molecule has 0 amide bonds. The van der Waals surface area contributed by atoms with Crippen LogP contribution in [-0.4, -0.2) is 32.5 Å². The Kier molecular flexibility index (Phi) is 3.59. The summed E-state index contributed by atoms with van der Waals surface area (Å²) in [5.41, 5.74) is -0.276. The second-order valence-corrected chi connectivity index (χ2v) is 4.47. The number of rotatable bonds is 4. The second-order valence-electron chi connectivity index (χ2n) is 4.47. The zero-order valence-electron chi connectivity index (χ0n) is 9.56. The smallest absolute Gasteiger partial charge is 0.371 e. The van der Waals surface area contributed by atoms with Crippen LogP contribution in [0.15, 0.2) is 24.3 Å². The van der Waals surface area contributed by atoms with Crippen molar-refractivity contribution in [2.75, 3.05) is 26.3 Å². The van der Waals surface area contributed by atoms with Crippen molar-refractivity contribution >= 4 is 0 Å². The van der Waals surface area contributed by atoms with Crippen LogP contribution in [0.5, 0.6) is 0 Å². The molecule has 0 aromatic heterocycles. The van der Waals surface area contributed by atoms with Crippen LogP contribution in [-0.2, 0) is 10.2 Å². The van der Waals surface area contributed by atoms with E-state index in [1.807, 2.05) is 0 Å². The first kappa shape index (κ1) is 13.3. The van der Waals surface area contributed by atoms with Gasteiger partial charge < -0.3 is 10.1 Å². The normalized spacial score (nSPS) is 18.4. The minimum atomic E-state index is -4.35. The molecule has 0 spiro atoms. The van der Waals surface area contributed by atoms with E-state index in [1.165, 1.54) is 6.07 Å². The maximum Gasteiger partial charge on any atom is 0.411 e. The van der Waals surface area contributed by atoms with Crippen molar-refractivity contribution in [2.24, 2.45) is 0 Å². The zero-order valence-corrected chi connectivity index (χ0v) is 9.56. The summed E-state index contributed by atoms with van der Waals surface area (Å²) in [6, 6.07) is 6.11. The van der Waals surface area contributed by atoms with Crippen LogP contribution in [0.3, 0.4) is 0 Å². The van der Waals surface area contributed by atoms with Gasteiger partial charge in [-0.1, -0.05) is 18.2 Å². The summed E-state index contributed by atoms with van der Waals surface area (Å²) in [7, 11) is 0. The van der Waals surface area contributed by atoms with Gasteiger partial charge in [-0.05, 0) is 11.6 Å². The molecular formula is C12H13F4NO. The Morgan fingerprint density at radius 1 is 1.22 bits per heavy atom. The second kappa shape index (κ2) is 4.85. The predicted molar refractivity (Wildman–Crippen MR) is 57.8 cm³/mol. The van der Waals surface area contributed by atoms with Gasteiger partial charge in [0.1, 0.15) is 12.4 Å². The Hall–Kier alpha value is -1.14. The Labute approximate surface area is 102 Å². The van der Waals surface area contributed by atoms with E-state index < -0.39 is 24.0 Å². The summed E-state index contributed by atoms with van der Waals surface area (Å²) < 4.78 is 54.4. The van der Waals surface area contributed by atoms with Gasteiger partial charge in [-0.3, -0.25) is 0 Å². The molecule has 0 saturated carbocycles. The molecule has 0 aliphatic carbocycles. The third-order valence-electron chi connectivity index (χ3n) is 3.02. The van der Waals surface area contributed by atoms with Crippen molar-refractivity contribution in [3.8, 4) is 0 Å². The van der Waals surface area contributed by atoms with E-state index in [1.54, 1.807) is 18.2 Å². The van der Waals surface area contributed by atoms with E-state index in [0.717, 1.165) is 0 Å². The monoisotopic (exact) mass is 263 g/mol. The van der Waals surface area contributed by atoms with Crippen LogP contribution in [0, 0.1) is 5.82 Å². The lowest BCUT2D eigenvalue weighted by molar-refractivity contribution is -0.179. The summed E-state index contributed by atoms with van der Waals surface area (Å²) >= 11 is 0. The fourth-order valence-electron chi connectivity index (χ4n) is 2.05. The Morgan fingerprint density at radius 2 is 1.89 bits per heavy atom. The number of hydrogen-bond donors (Lipinski definition) is 1. The molecule has 0 bridgehead atoms. The fraction of sp³-hybridized carbons (Fsp3) is 0.500. The SMILES string of the molecule is Fc1ccccc1C1(COCC(F)(F)F)CNC1. The zero-order chi connectivity index (χ0) is 13.2. The summed E-state index contributed by atoms with van der Waals surface area (Å²) in [4.78, 5) is 0. The average Bonchev–Trinajstić information content (AvgIpc) is 2.22. The number of halogens is 4. The molecule has 0 radical (unpaired) electrons. The number of alkyl halides is 3. The van der Waals surface area contributed by atoms with Crippen molar-refractivity contribution in [1.82, 2.24) is 5.32 Å². The van der Waals surface area contributed by atoms with Crippen LogP contribution in [0.25, 0.3) is 0 Å². The van der Waals surface area contributed by atoms with E-state index >= 15 is 0 Å². The van der Waals surface area contributed by atoms with E-state index in [0.29, 0.717) is 18.7 Å². The summed E-state index contributed by atoms with van der Waals surface area (Å²) in [5, 5.41) is 2.95. The molecule has 1 aliphatic heterocycles. The first-order valence-electron chi connectivity index (χ1n) is 5.53. The molecule has 1 heterocycles. The molecule has 1 aromatic rings. The predicted octanol–water partition coefficient (Wildman–Crippen LogP) is 2.25. The number of hydrogen-bond acceptors (Lipinski definition) is 2. The molecule has 2 nitrogen and oxygen atoms in total. The largest absolute Gasteiger partial charge is 0.411 e. The van der Waals surface area contributed by atoms with Gasteiger partial charge in [-0.2, -0.15) is 13.2 Å². The standard InChI is InChI=1S/C12H13F4NO/c13-10-4-2-1-3-9(10)11(5-17-6-11)7-18-8-12(14,15)16/h1-4,17H,5-8H2. The molecule has 1 aliphatic rings. The topological polar surface area (TPSA) is 21.3 Å². The van der Waals surface area contributed by atoms with Gasteiger partial charge in [0.2, 0.25) is 0 Å². The lowest BCUT2D eigenvalue weighted by atomic mass is 9.75. The van der Waals surface area contributed by atoms with Crippen molar-refractivity contribution in [3.63, 3.8) is 0 Å². The molecule has 18 heavy (non-hydrogen) atoms. The Bertz CT molecular complexity index is 415. The molecule has 0 atom stereocenters. The van der Waals surface area contributed by atoms with Gasteiger partial charge in [-0.25, -0.2) is 4.39 Å². The first-order valence-corrected chi connectivity index (χ1v) is 5.53. The van der Waals surface area contributed by atoms with Crippen molar-refractivity contribution in [3.05, 3.63) is 35.6 Å². The molecular weight excluding hydrogens is 250 g/mol. The lowest BCUT2D eigenvalue weighted by Gasteiger charge is -2.43. The molecule has 1 N–H and O–H groups in total. The third kappa shape index (κ3) is 2.81. The molecule has 1 saturated heterocycles. The summed E-state index contributed by atoms with van der Waals surface area (Å²) in [6.07, 6.45) is -4.35. The molecule has 1 aromatic carbocycles. The van der Waals surface area contributed by atoms with Gasteiger partial charge in [0.15, 0.2) is 0 Å². The maximum atomic E-state index is 13.7. The highest BCUT2D eigenvalue weighted by Gasteiger charge is 2.41. The van der Waals surface area contributed by atoms with E-state index in [4.69, 9.17) is 0 Å². The van der Waals surface area contributed by atoms with E-state index in [-0.39, 0.29) is 6.61 Å². The molecule has 100 valence electrons. The molecule has 6 heteroatoms. The van der Waals surface area contributed by atoms with Crippen molar-refractivity contribution in [2.45, 2.75) is 11.6 Å². The average molecular weight is 263 g/mol. The molecule has 2 rings (SSSR count). The van der Waals surface area contributed by atoms with Crippen LogP contribution in [0.2, 0.25) is 0 Å². The summed E-state index contributed by atoms with van der Waals surface area (Å²) in [5.74, 6) is -0.408. The summed E-state index contributed by atoms with van der Waals surface area (Å²) in [6.45, 7) is -0.596.